The van der Waals surface area contributed by atoms with Crippen LogP contribution in [-0.4, -0.2) is 36.1 Å². The van der Waals surface area contributed by atoms with Crippen molar-refractivity contribution in [3.05, 3.63) is 0 Å². The van der Waals surface area contributed by atoms with Crippen LogP contribution in [0, 0.1) is 0 Å². The second-order valence-corrected chi connectivity index (χ2v) is 6.34. The first-order valence-electron chi connectivity index (χ1n) is 8.53. The molecule has 0 spiro atoms. The summed E-state index contributed by atoms with van der Waals surface area (Å²) in [6, 6.07) is 0. The Morgan fingerprint density at radius 3 is 2.40 bits per heavy atom. The molecule has 1 heterocycles. The summed E-state index contributed by atoms with van der Waals surface area (Å²) in [5, 5.41) is 0. The number of piperidine rings is 1. The minimum Gasteiger partial charge on any atom is -0.466 e. The van der Waals surface area contributed by atoms with Gasteiger partial charge in [-0.15, -0.1) is 0 Å². The molecule has 0 aliphatic carbocycles. The van der Waals surface area contributed by atoms with E-state index in [4.69, 9.17) is 4.74 Å². The minimum atomic E-state index is -0.0314. The molecule has 0 aromatic carbocycles. The standard InChI is InChI=1S/C17H33NO2/c1-4-6-7-9-12-17(3,15-16(19)20-5-2)18-13-10-8-11-14-18/h4-15H2,1-3H3. The third-order valence-corrected chi connectivity index (χ3v) is 4.52. The van der Waals surface area contributed by atoms with Crippen LogP contribution in [0.4, 0.5) is 0 Å². The Balaban J connectivity index is 2.57. The molecule has 0 bridgehead atoms. The number of rotatable bonds is 9. The highest BCUT2D eigenvalue weighted by molar-refractivity contribution is 5.70. The van der Waals surface area contributed by atoms with Gasteiger partial charge in [0.2, 0.25) is 0 Å². The summed E-state index contributed by atoms with van der Waals surface area (Å²) in [6.07, 6.45) is 10.6. The molecular formula is C17H33NO2. The third kappa shape index (κ3) is 5.82. The number of carbonyl (C=O) groups excluding carboxylic acids is 1. The van der Waals surface area contributed by atoms with E-state index in [9.17, 15) is 4.79 Å². The van der Waals surface area contributed by atoms with E-state index in [1.807, 2.05) is 6.92 Å². The molecule has 118 valence electrons. The zero-order valence-electron chi connectivity index (χ0n) is 13.7. The van der Waals surface area contributed by atoms with Gasteiger partial charge in [-0.25, -0.2) is 0 Å². The van der Waals surface area contributed by atoms with Crippen molar-refractivity contribution in [3.63, 3.8) is 0 Å². The topological polar surface area (TPSA) is 29.5 Å². The molecule has 0 aromatic heterocycles. The summed E-state index contributed by atoms with van der Waals surface area (Å²) in [7, 11) is 0. The fourth-order valence-corrected chi connectivity index (χ4v) is 3.25. The molecule has 0 saturated carbocycles. The van der Waals surface area contributed by atoms with Crippen molar-refractivity contribution in [1.82, 2.24) is 4.90 Å². The van der Waals surface area contributed by atoms with E-state index in [0.29, 0.717) is 13.0 Å². The molecule has 1 aliphatic rings. The van der Waals surface area contributed by atoms with Crippen LogP contribution in [0.15, 0.2) is 0 Å². The Hall–Kier alpha value is -0.570. The minimum absolute atomic E-state index is 0.000411. The van der Waals surface area contributed by atoms with Gasteiger partial charge in [-0.3, -0.25) is 9.69 Å². The van der Waals surface area contributed by atoms with Gasteiger partial charge in [0.05, 0.1) is 13.0 Å². The van der Waals surface area contributed by atoms with Crippen LogP contribution in [0.25, 0.3) is 0 Å². The lowest BCUT2D eigenvalue weighted by molar-refractivity contribution is -0.146. The van der Waals surface area contributed by atoms with Crippen molar-refractivity contribution in [2.75, 3.05) is 19.7 Å². The molecule has 1 saturated heterocycles. The van der Waals surface area contributed by atoms with Gasteiger partial charge < -0.3 is 4.74 Å². The SMILES string of the molecule is CCCCCCC(C)(CC(=O)OCC)N1CCCCC1. The van der Waals surface area contributed by atoms with Crippen LogP contribution < -0.4 is 0 Å². The summed E-state index contributed by atoms with van der Waals surface area (Å²) < 4.78 is 5.19. The van der Waals surface area contributed by atoms with E-state index >= 15 is 0 Å². The highest BCUT2D eigenvalue weighted by Crippen LogP contribution is 2.30. The van der Waals surface area contributed by atoms with Gasteiger partial charge in [0.25, 0.3) is 0 Å². The molecule has 0 amide bonds. The Bertz CT molecular complexity index is 274. The van der Waals surface area contributed by atoms with Gasteiger partial charge in [-0.2, -0.15) is 0 Å². The Kier molecular flexibility index (Phi) is 8.20. The lowest BCUT2D eigenvalue weighted by atomic mass is 9.87. The van der Waals surface area contributed by atoms with Crippen molar-refractivity contribution in [3.8, 4) is 0 Å². The summed E-state index contributed by atoms with van der Waals surface area (Å²) >= 11 is 0. The molecule has 20 heavy (non-hydrogen) atoms. The van der Waals surface area contributed by atoms with Gasteiger partial charge in [0.15, 0.2) is 0 Å². The third-order valence-electron chi connectivity index (χ3n) is 4.52. The Morgan fingerprint density at radius 2 is 1.80 bits per heavy atom. The predicted octanol–water partition coefficient (Wildman–Crippen LogP) is 4.15. The number of hydrogen-bond donors (Lipinski definition) is 0. The molecule has 0 aromatic rings. The molecule has 1 atom stereocenters. The maximum absolute atomic E-state index is 11.9. The average Bonchev–Trinajstić information content (AvgIpc) is 2.45. The fraction of sp³-hybridized carbons (Fsp3) is 0.941. The predicted molar refractivity (Wildman–Crippen MR) is 83.8 cm³/mol. The number of ether oxygens (including phenoxy) is 1. The highest BCUT2D eigenvalue weighted by atomic mass is 16.5. The molecule has 0 N–H and O–H groups in total. The van der Waals surface area contributed by atoms with E-state index in [1.165, 1.54) is 44.9 Å². The van der Waals surface area contributed by atoms with Crippen LogP contribution in [0.2, 0.25) is 0 Å². The monoisotopic (exact) mass is 283 g/mol. The van der Waals surface area contributed by atoms with Gasteiger partial charge >= 0.3 is 5.97 Å². The molecule has 1 rings (SSSR count). The number of unbranched alkanes of at least 4 members (excludes halogenated alkanes) is 3. The number of nitrogens with zero attached hydrogens (tertiary/aromatic N) is 1. The number of carbonyl (C=O) groups is 1. The summed E-state index contributed by atoms with van der Waals surface area (Å²) in [4.78, 5) is 14.5. The summed E-state index contributed by atoms with van der Waals surface area (Å²) in [5.74, 6) is -0.0314. The Morgan fingerprint density at radius 1 is 1.10 bits per heavy atom. The van der Waals surface area contributed by atoms with E-state index in [0.717, 1.165) is 19.5 Å². The smallest absolute Gasteiger partial charge is 0.307 e. The largest absolute Gasteiger partial charge is 0.466 e. The van der Waals surface area contributed by atoms with E-state index in [-0.39, 0.29) is 11.5 Å². The lowest BCUT2D eigenvalue weighted by Crippen LogP contribution is -2.50. The van der Waals surface area contributed by atoms with Gasteiger partial charge in [0, 0.05) is 5.54 Å². The quantitative estimate of drug-likeness (QED) is 0.470. The zero-order chi connectivity index (χ0) is 14.8. The highest BCUT2D eigenvalue weighted by Gasteiger charge is 2.34. The number of likely N-dealkylation sites (tertiary alicyclic amines) is 1. The first kappa shape index (κ1) is 17.5. The second kappa shape index (κ2) is 9.38. The summed E-state index contributed by atoms with van der Waals surface area (Å²) in [5.41, 5.74) is 0.000411. The van der Waals surface area contributed by atoms with Crippen LogP contribution in [0.1, 0.15) is 78.6 Å². The van der Waals surface area contributed by atoms with Crippen molar-refractivity contribution >= 4 is 5.97 Å². The molecule has 1 aliphatic heterocycles. The fourth-order valence-electron chi connectivity index (χ4n) is 3.25. The molecule has 3 nitrogen and oxygen atoms in total. The van der Waals surface area contributed by atoms with Crippen molar-refractivity contribution in [2.45, 2.75) is 84.1 Å². The normalized spacial score (nSPS) is 19.6. The summed E-state index contributed by atoms with van der Waals surface area (Å²) in [6.45, 7) is 9.17. The molecule has 0 radical (unpaired) electrons. The van der Waals surface area contributed by atoms with Gasteiger partial charge in [0.1, 0.15) is 0 Å². The average molecular weight is 283 g/mol. The van der Waals surface area contributed by atoms with Crippen LogP contribution in [0.5, 0.6) is 0 Å². The van der Waals surface area contributed by atoms with E-state index in [2.05, 4.69) is 18.7 Å². The zero-order valence-corrected chi connectivity index (χ0v) is 13.7. The van der Waals surface area contributed by atoms with E-state index < -0.39 is 0 Å². The Labute approximate surface area is 125 Å². The van der Waals surface area contributed by atoms with Gasteiger partial charge in [-0.1, -0.05) is 39.0 Å². The molecule has 1 unspecified atom stereocenters. The van der Waals surface area contributed by atoms with Gasteiger partial charge in [-0.05, 0) is 46.2 Å². The van der Waals surface area contributed by atoms with Crippen molar-refractivity contribution in [1.29, 1.82) is 0 Å². The van der Waals surface area contributed by atoms with Crippen LogP contribution >= 0.6 is 0 Å². The second-order valence-electron chi connectivity index (χ2n) is 6.34. The van der Waals surface area contributed by atoms with Crippen molar-refractivity contribution in [2.24, 2.45) is 0 Å². The van der Waals surface area contributed by atoms with Crippen molar-refractivity contribution < 1.29 is 9.53 Å². The first-order chi connectivity index (χ1) is 9.62. The van der Waals surface area contributed by atoms with Crippen LogP contribution in [-0.2, 0) is 9.53 Å². The molecule has 3 heteroatoms. The van der Waals surface area contributed by atoms with Crippen LogP contribution in [0.3, 0.4) is 0 Å². The molecule has 1 fully saturated rings. The lowest BCUT2D eigenvalue weighted by Gasteiger charge is -2.43. The van der Waals surface area contributed by atoms with E-state index in [1.54, 1.807) is 0 Å². The maximum Gasteiger partial charge on any atom is 0.307 e. The maximum atomic E-state index is 11.9. The number of esters is 1. The number of hydrogen-bond acceptors (Lipinski definition) is 3. The molecular weight excluding hydrogens is 250 g/mol. The first-order valence-corrected chi connectivity index (χ1v) is 8.53.